The Labute approximate surface area is 203 Å². The second-order valence-corrected chi connectivity index (χ2v) is 10.1. The molecule has 0 saturated carbocycles. The number of allylic oxidation sites excluding steroid dienone is 1. The van der Waals surface area contributed by atoms with Crippen LogP contribution in [0.15, 0.2) is 29.2 Å². The van der Waals surface area contributed by atoms with Crippen molar-refractivity contribution in [2.45, 2.75) is 44.2 Å². The van der Waals surface area contributed by atoms with E-state index in [0.717, 1.165) is 66.8 Å². The first kappa shape index (κ1) is 24.2. The third-order valence-corrected chi connectivity index (χ3v) is 6.77. The van der Waals surface area contributed by atoms with Crippen LogP contribution in [0.5, 0.6) is 0 Å². The molecule has 4 rings (SSSR count). The van der Waals surface area contributed by atoms with Crippen LogP contribution in [0.1, 0.15) is 38.2 Å². The monoisotopic (exact) mass is 492 g/mol. The van der Waals surface area contributed by atoms with Gasteiger partial charge in [-0.25, -0.2) is 9.97 Å². The van der Waals surface area contributed by atoms with Crippen LogP contribution >= 0.6 is 23.2 Å². The first-order valence-corrected chi connectivity index (χ1v) is 11.9. The van der Waals surface area contributed by atoms with Gasteiger partial charge in [0.05, 0.1) is 36.1 Å². The minimum absolute atomic E-state index is 0.205. The molecule has 0 bridgehead atoms. The van der Waals surface area contributed by atoms with Gasteiger partial charge in [-0.05, 0) is 63.4 Å². The minimum Gasteiger partial charge on any atom is -0.389 e. The van der Waals surface area contributed by atoms with Gasteiger partial charge >= 0.3 is 0 Å². The van der Waals surface area contributed by atoms with Gasteiger partial charge in [0, 0.05) is 29.4 Å². The third-order valence-electron chi connectivity index (χ3n) is 6.11. The summed E-state index contributed by atoms with van der Waals surface area (Å²) in [4.78, 5) is 11.5. The summed E-state index contributed by atoms with van der Waals surface area (Å²) in [6.45, 7) is 7.36. The molecule has 8 nitrogen and oxygen atoms in total. The zero-order chi connectivity index (χ0) is 23.6. The molecular weight excluding hydrogens is 463 g/mol. The fourth-order valence-electron chi connectivity index (χ4n) is 4.11. The van der Waals surface area contributed by atoms with Crippen molar-refractivity contribution >= 4 is 46.3 Å². The Hall–Kier alpha value is -1.97. The Bertz CT molecular complexity index is 1040. The molecule has 1 aromatic carbocycles. The van der Waals surface area contributed by atoms with Gasteiger partial charge in [0.1, 0.15) is 5.16 Å². The maximum Gasteiger partial charge on any atom is 0.227 e. The van der Waals surface area contributed by atoms with Gasteiger partial charge < -0.3 is 25.9 Å². The van der Waals surface area contributed by atoms with Gasteiger partial charge in [0.15, 0.2) is 0 Å². The Balaban J connectivity index is 1.51. The number of ether oxygens (including phenoxy) is 1. The van der Waals surface area contributed by atoms with Crippen LogP contribution in [0.2, 0.25) is 5.02 Å². The number of hydrogen-bond donors (Lipinski definition) is 4. The molecule has 2 saturated heterocycles. The Morgan fingerprint density at radius 1 is 1.33 bits per heavy atom. The molecule has 0 atom stereocenters. The molecule has 0 spiro atoms. The highest BCUT2D eigenvalue weighted by Gasteiger charge is 2.30. The van der Waals surface area contributed by atoms with Crippen molar-refractivity contribution in [2.24, 2.45) is 0 Å². The van der Waals surface area contributed by atoms with Crippen molar-refractivity contribution in [2.75, 3.05) is 38.2 Å². The number of halogens is 2. The molecule has 1 aromatic heterocycles. The smallest absolute Gasteiger partial charge is 0.227 e. The van der Waals surface area contributed by atoms with Crippen LogP contribution in [-0.4, -0.2) is 70.7 Å². The van der Waals surface area contributed by atoms with Gasteiger partial charge in [-0.1, -0.05) is 23.2 Å². The summed E-state index contributed by atoms with van der Waals surface area (Å²) in [5.41, 5.74) is 1.27. The van der Waals surface area contributed by atoms with Crippen LogP contribution in [0.3, 0.4) is 0 Å². The molecular formula is C23H30Cl2N6O2. The third kappa shape index (κ3) is 5.94. The van der Waals surface area contributed by atoms with Crippen molar-refractivity contribution < 1.29 is 9.84 Å². The number of aromatic nitrogens is 2. The molecule has 0 aliphatic carbocycles. The lowest BCUT2D eigenvalue weighted by atomic mass is 9.88. The number of aliphatic hydroxyl groups is 1. The van der Waals surface area contributed by atoms with Gasteiger partial charge in [-0.2, -0.15) is 0 Å². The number of nitrogens with zero attached hydrogens (tertiary/aromatic N) is 3. The van der Waals surface area contributed by atoms with Gasteiger partial charge in [0.25, 0.3) is 0 Å². The number of likely N-dealkylation sites (tertiary alicyclic amines) is 1. The average Bonchev–Trinajstić information content (AvgIpc) is 2.74. The van der Waals surface area contributed by atoms with Gasteiger partial charge in [0.2, 0.25) is 5.95 Å². The fraction of sp³-hybridized carbons (Fsp3) is 0.522. The van der Waals surface area contributed by atoms with E-state index in [1.165, 1.54) is 0 Å². The summed E-state index contributed by atoms with van der Waals surface area (Å²) in [5, 5.41) is 25.3. The lowest BCUT2D eigenvalue weighted by molar-refractivity contribution is -0.0712. The number of benzene rings is 1. The van der Waals surface area contributed by atoms with E-state index in [2.05, 4.69) is 31.6 Å². The van der Waals surface area contributed by atoms with Gasteiger partial charge in [-0.3, -0.25) is 4.90 Å². The van der Waals surface area contributed by atoms with E-state index >= 15 is 0 Å². The molecule has 4 N–H and O–H groups in total. The molecule has 3 heterocycles. The number of fused-ring (bicyclic) bond motifs is 1. The lowest BCUT2D eigenvalue weighted by Gasteiger charge is -2.41. The molecule has 2 fully saturated rings. The summed E-state index contributed by atoms with van der Waals surface area (Å²) in [7, 11) is 0. The number of hydrogen-bond acceptors (Lipinski definition) is 8. The van der Waals surface area contributed by atoms with E-state index < -0.39 is 5.60 Å². The van der Waals surface area contributed by atoms with Gasteiger partial charge in [-0.15, -0.1) is 0 Å². The lowest BCUT2D eigenvalue weighted by Crippen LogP contribution is -2.51. The second kappa shape index (κ2) is 10.1. The SMILES string of the molecule is CC(C)(O)CN/C(Cl)=C(\C=N)Nc1ncc2cc(Cl)c(C3CCN(C4COC4)CC3)cc2n1. The standard InChI is InChI=1S/C23H30Cl2N6O2/c1-23(2,32)13-28-21(25)20(9-26)30-22-27-10-15-7-18(24)17(8-19(15)29-22)14-3-5-31(6-4-14)16-11-33-12-16/h7-10,14,16,26,28,32H,3-6,11-13H2,1-2H3,(H,27,29,30)/b21-20+,26-9?. The highest BCUT2D eigenvalue weighted by molar-refractivity contribution is 6.32. The summed E-state index contributed by atoms with van der Waals surface area (Å²) < 4.78 is 5.33. The zero-order valence-electron chi connectivity index (χ0n) is 18.9. The Morgan fingerprint density at radius 3 is 2.67 bits per heavy atom. The molecule has 2 aromatic rings. The second-order valence-electron chi connectivity index (χ2n) is 9.29. The molecule has 10 heteroatoms. The maximum absolute atomic E-state index is 9.88. The molecule has 178 valence electrons. The van der Waals surface area contributed by atoms with Crippen LogP contribution < -0.4 is 10.6 Å². The summed E-state index contributed by atoms with van der Waals surface area (Å²) in [6.07, 6.45) is 4.91. The summed E-state index contributed by atoms with van der Waals surface area (Å²) >= 11 is 12.9. The normalized spacial score (nSPS) is 19.2. The maximum atomic E-state index is 9.88. The van der Waals surface area contributed by atoms with Crippen LogP contribution in [0.25, 0.3) is 10.9 Å². The van der Waals surface area contributed by atoms with E-state index in [-0.39, 0.29) is 11.7 Å². The quantitative estimate of drug-likeness (QED) is 0.328. The Kier molecular flexibility index (Phi) is 7.40. The average molecular weight is 493 g/mol. The van der Waals surface area contributed by atoms with E-state index in [4.69, 9.17) is 33.3 Å². The van der Waals surface area contributed by atoms with Crippen LogP contribution in [-0.2, 0) is 4.74 Å². The molecule has 0 amide bonds. The summed E-state index contributed by atoms with van der Waals surface area (Å²) in [5.74, 6) is 0.723. The largest absolute Gasteiger partial charge is 0.389 e. The first-order valence-electron chi connectivity index (χ1n) is 11.1. The van der Waals surface area contributed by atoms with Crippen LogP contribution in [0.4, 0.5) is 5.95 Å². The number of anilines is 1. The van der Waals surface area contributed by atoms with E-state index in [0.29, 0.717) is 23.6 Å². The highest BCUT2D eigenvalue weighted by Crippen LogP contribution is 2.36. The number of rotatable bonds is 8. The van der Waals surface area contributed by atoms with Crippen molar-refractivity contribution in [3.05, 3.63) is 39.8 Å². The van der Waals surface area contributed by atoms with Crippen molar-refractivity contribution in [3.63, 3.8) is 0 Å². The molecule has 0 unspecified atom stereocenters. The predicted octanol–water partition coefficient (Wildman–Crippen LogP) is 3.69. The Morgan fingerprint density at radius 2 is 2.06 bits per heavy atom. The van der Waals surface area contributed by atoms with Crippen molar-refractivity contribution in [1.82, 2.24) is 20.2 Å². The topological polar surface area (TPSA) is 106 Å². The highest BCUT2D eigenvalue weighted by atomic mass is 35.5. The molecule has 0 radical (unpaired) electrons. The van der Waals surface area contributed by atoms with Crippen molar-refractivity contribution in [1.29, 1.82) is 5.41 Å². The number of piperidine rings is 1. The molecule has 33 heavy (non-hydrogen) atoms. The fourth-order valence-corrected chi connectivity index (χ4v) is 4.61. The van der Waals surface area contributed by atoms with Crippen molar-refractivity contribution in [3.8, 4) is 0 Å². The van der Waals surface area contributed by atoms with Crippen LogP contribution in [0, 0.1) is 5.41 Å². The van der Waals surface area contributed by atoms with E-state index in [1.54, 1.807) is 20.0 Å². The first-order chi connectivity index (χ1) is 15.7. The molecule has 2 aliphatic heterocycles. The van der Waals surface area contributed by atoms with E-state index in [1.807, 2.05) is 6.07 Å². The minimum atomic E-state index is -0.940. The molecule has 2 aliphatic rings. The predicted molar refractivity (Wildman–Crippen MR) is 132 cm³/mol. The summed E-state index contributed by atoms with van der Waals surface area (Å²) in [6, 6.07) is 4.55. The number of nitrogens with one attached hydrogen (secondary N) is 3. The van der Waals surface area contributed by atoms with E-state index in [9.17, 15) is 5.11 Å². The zero-order valence-corrected chi connectivity index (χ0v) is 20.4.